The molecule has 0 saturated carbocycles. The third-order valence-electron chi connectivity index (χ3n) is 2.63. The predicted octanol–water partition coefficient (Wildman–Crippen LogP) is 5.16. The molecule has 0 aliphatic rings. The predicted molar refractivity (Wildman–Crippen MR) is 77.6 cm³/mol. The minimum Gasteiger partial charge on any atom is -0.380 e. The lowest BCUT2D eigenvalue weighted by atomic mass is 10.1. The molecule has 94 valence electrons. The van der Waals surface area contributed by atoms with Gasteiger partial charge in [-0.05, 0) is 42.3 Å². The molecular formula is C14H12BrClFN. The van der Waals surface area contributed by atoms with Crippen LogP contribution in [0.3, 0.4) is 0 Å². The van der Waals surface area contributed by atoms with Crippen molar-refractivity contribution in [3.8, 4) is 0 Å². The van der Waals surface area contributed by atoms with E-state index in [-0.39, 0.29) is 5.82 Å². The van der Waals surface area contributed by atoms with Crippen molar-refractivity contribution in [3.05, 3.63) is 62.8 Å². The highest BCUT2D eigenvalue weighted by Crippen LogP contribution is 2.23. The molecule has 0 fully saturated rings. The first-order valence-electron chi connectivity index (χ1n) is 5.50. The summed E-state index contributed by atoms with van der Waals surface area (Å²) in [7, 11) is 0. The van der Waals surface area contributed by atoms with E-state index in [4.69, 9.17) is 11.6 Å². The number of aryl methyl sites for hydroxylation is 1. The van der Waals surface area contributed by atoms with Gasteiger partial charge in [-0.3, -0.25) is 0 Å². The first-order valence-corrected chi connectivity index (χ1v) is 6.67. The fraction of sp³-hybridized carbons (Fsp3) is 0.143. The summed E-state index contributed by atoms with van der Waals surface area (Å²) >= 11 is 9.44. The number of hydrogen-bond donors (Lipinski definition) is 1. The second-order valence-corrected chi connectivity index (χ2v) is 5.32. The van der Waals surface area contributed by atoms with E-state index in [0.29, 0.717) is 17.3 Å². The topological polar surface area (TPSA) is 12.0 Å². The maximum atomic E-state index is 13.1. The standard InChI is InChI=1S/C14H12BrClFN/c1-9-6-10(2-4-12(9)15)8-18-14-7-11(17)3-5-13(14)16/h2-7,18H,8H2,1H3. The summed E-state index contributed by atoms with van der Waals surface area (Å²) in [6.45, 7) is 2.64. The Morgan fingerprint density at radius 2 is 2.00 bits per heavy atom. The van der Waals surface area contributed by atoms with Gasteiger partial charge < -0.3 is 5.32 Å². The van der Waals surface area contributed by atoms with Crippen LogP contribution in [-0.2, 0) is 6.54 Å². The highest BCUT2D eigenvalue weighted by molar-refractivity contribution is 9.10. The van der Waals surface area contributed by atoms with Gasteiger partial charge in [0, 0.05) is 11.0 Å². The summed E-state index contributed by atoms with van der Waals surface area (Å²) < 4.78 is 14.2. The Morgan fingerprint density at radius 1 is 1.22 bits per heavy atom. The Labute approximate surface area is 119 Å². The van der Waals surface area contributed by atoms with Crippen molar-refractivity contribution in [1.29, 1.82) is 0 Å². The van der Waals surface area contributed by atoms with Crippen LogP contribution in [0.2, 0.25) is 5.02 Å². The Kier molecular flexibility index (Phi) is 4.25. The van der Waals surface area contributed by atoms with Crippen LogP contribution in [0.1, 0.15) is 11.1 Å². The lowest BCUT2D eigenvalue weighted by Gasteiger charge is -2.09. The number of halogens is 3. The molecule has 0 radical (unpaired) electrons. The lowest BCUT2D eigenvalue weighted by Crippen LogP contribution is -2.00. The molecule has 2 rings (SSSR count). The lowest BCUT2D eigenvalue weighted by molar-refractivity contribution is 0.628. The number of hydrogen-bond acceptors (Lipinski definition) is 1. The van der Waals surface area contributed by atoms with Crippen LogP contribution >= 0.6 is 27.5 Å². The van der Waals surface area contributed by atoms with Gasteiger partial charge in [0.15, 0.2) is 0 Å². The van der Waals surface area contributed by atoms with E-state index in [0.717, 1.165) is 10.0 Å². The van der Waals surface area contributed by atoms with Gasteiger partial charge >= 0.3 is 0 Å². The molecule has 0 unspecified atom stereocenters. The van der Waals surface area contributed by atoms with Gasteiger partial charge in [0.1, 0.15) is 5.82 Å². The number of benzene rings is 2. The Balaban J connectivity index is 2.11. The normalized spacial score (nSPS) is 10.4. The van der Waals surface area contributed by atoms with Gasteiger partial charge in [-0.15, -0.1) is 0 Å². The van der Waals surface area contributed by atoms with E-state index in [2.05, 4.69) is 27.3 Å². The fourth-order valence-electron chi connectivity index (χ4n) is 1.65. The molecule has 4 heteroatoms. The first-order chi connectivity index (χ1) is 8.56. The van der Waals surface area contributed by atoms with Crippen molar-refractivity contribution in [2.45, 2.75) is 13.5 Å². The van der Waals surface area contributed by atoms with Gasteiger partial charge in [0.25, 0.3) is 0 Å². The van der Waals surface area contributed by atoms with Crippen molar-refractivity contribution in [1.82, 2.24) is 0 Å². The third-order valence-corrected chi connectivity index (χ3v) is 3.85. The molecule has 0 heterocycles. The van der Waals surface area contributed by atoms with Crippen molar-refractivity contribution >= 4 is 33.2 Å². The molecule has 0 aliphatic carbocycles. The van der Waals surface area contributed by atoms with Crippen molar-refractivity contribution in [2.75, 3.05) is 5.32 Å². The SMILES string of the molecule is Cc1cc(CNc2cc(F)ccc2Cl)ccc1Br. The Morgan fingerprint density at radius 3 is 2.72 bits per heavy atom. The maximum Gasteiger partial charge on any atom is 0.125 e. The van der Waals surface area contributed by atoms with Crippen LogP contribution in [0.4, 0.5) is 10.1 Å². The molecule has 0 spiro atoms. The minimum atomic E-state index is -0.297. The van der Waals surface area contributed by atoms with Crippen LogP contribution in [-0.4, -0.2) is 0 Å². The molecule has 18 heavy (non-hydrogen) atoms. The third kappa shape index (κ3) is 3.24. The molecule has 1 nitrogen and oxygen atoms in total. The average molecular weight is 329 g/mol. The van der Waals surface area contributed by atoms with Crippen molar-refractivity contribution in [2.24, 2.45) is 0 Å². The van der Waals surface area contributed by atoms with Gasteiger partial charge in [0.05, 0.1) is 10.7 Å². The molecule has 2 aromatic carbocycles. The van der Waals surface area contributed by atoms with Crippen LogP contribution < -0.4 is 5.32 Å². The van der Waals surface area contributed by atoms with E-state index in [9.17, 15) is 4.39 Å². The molecular weight excluding hydrogens is 317 g/mol. The molecule has 0 saturated heterocycles. The summed E-state index contributed by atoms with van der Waals surface area (Å²) in [5.41, 5.74) is 2.90. The summed E-state index contributed by atoms with van der Waals surface area (Å²) in [6.07, 6.45) is 0. The van der Waals surface area contributed by atoms with Crippen LogP contribution in [0.5, 0.6) is 0 Å². The summed E-state index contributed by atoms with van der Waals surface area (Å²) in [5.74, 6) is -0.297. The number of nitrogens with one attached hydrogen (secondary N) is 1. The molecule has 0 aliphatic heterocycles. The fourth-order valence-corrected chi connectivity index (χ4v) is 2.08. The van der Waals surface area contributed by atoms with Gasteiger partial charge in [-0.2, -0.15) is 0 Å². The average Bonchev–Trinajstić information content (AvgIpc) is 2.34. The van der Waals surface area contributed by atoms with E-state index in [1.54, 1.807) is 6.07 Å². The molecule has 0 aromatic heterocycles. The van der Waals surface area contributed by atoms with Gasteiger partial charge in [-0.25, -0.2) is 4.39 Å². The first kappa shape index (κ1) is 13.4. The molecule has 0 atom stereocenters. The quantitative estimate of drug-likeness (QED) is 0.820. The maximum absolute atomic E-state index is 13.1. The van der Waals surface area contributed by atoms with Gasteiger partial charge in [-0.1, -0.05) is 39.7 Å². The zero-order valence-corrected chi connectivity index (χ0v) is 12.1. The van der Waals surface area contributed by atoms with Crippen LogP contribution in [0, 0.1) is 12.7 Å². The second-order valence-electron chi connectivity index (χ2n) is 4.06. The van der Waals surface area contributed by atoms with E-state index >= 15 is 0 Å². The summed E-state index contributed by atoms with van der Waals surface area (Å²) in [6, 6.07) is 10.4. The summed E-state index contributed by atoms with van der Waals surface area (Å²) in [4.78, 5) is 0. The minimum absolute atomic E-state index is 0.297. The number of anilines is 1. The van der Waals surface area contributed by atoms with Crippen LogP contribution in [0.15, 0.2) is 40.9 Å². The zero-order valence-electron chi connectivity index (χ0n) is 9.81. The largest absolute Gasteiger partial charge is 0.380 e. The Bertz CT molecular complexity index is 572. The Hall–Kier alpha value is -1.06. The second kappa shape index (κ2) is 5.72. The highest BCUT2D eigenvalue weighted by Gasteiger charge is 2.02. The molecule has 0 bridgehead atoms. The monoisotopic (exact) mass is 327 g/mol. The number of rotatable bonds is 3. The van der Waals surface area contributed by atoms with E-state index < -0.39 is 0 Å². The molecule has 1 N–H and O–H groups in total. The smallest absolute Gasteiger partial charge is 0.125 e. The van der Waals surface area contributed by atoms with Crippen molar-refractivity contribution < 1.29 is 4.39 Å². The van der Waals surface area contributed by atoms with Crippen molar-refractivity contribution in [3.63, 3.8) is 0 Å². The summed E-state index contributed by atoms with van der Waals surface area (Å²) in [5, 5.41) is 3.65. The van der Waals surface area contributed by atoms with Crippen LogP contribution in [0.25, 0.3) is 0 Å². The zero-order chi connectivity index (χ0) is 13.1. The van der Waals surface area contributed by atoms with E-state index in [1.807, 2.05) is 19.1 Å². The van der Waals surface area contributed by atoms with E-state index in [1.165, 1.54) is 17.7 Å². The molecule has 2 aromatic rings. The molecule has 0 amide bonds. The highest BCUT2D eigenvalue weighted by atomic mass is 79.9. The van der Waals surface area contributed by atoms with Gasteiger partial charge in [0.2, 0.25) is 0 Å².